The highest BCUT2D eigenvalue weighted by molar-refractivity contribution is 6.29. The number of carbonyl (C=O) groups excluding carboxylic acids is 1. The van der Waals surface area contributed by atoms with E-state index in [0.717, 1.165) is 53.7 Å². The number of aromatic amines is 1. The number of anilines is 1. The van der Waals surface area contributed by atoms with Crippen LogP contribution in [0.1, 0.15) is 25.7 Å². The summed E-state index contributed by atoms with van der Waals surface area (Å²) in [7, 11) is 1.78. The minimum Gasteiger partial charge on any atom is -0.367 e. The molecule has 1 aliphatic rings. The van der Waals surface area contributed by atoms with Crippen molar-refractivity contribution in [1.29, 1.82) is 0 Å². The molecule has 3 aromatic rings. The molecule has 1 amide bonds. The van der Waals surface area contributed by atoms with Gasteiger partial charge in [0.05, 0.1) is 6.54 Å². The van der Waals surface area contributed by atoms with E-state index in [0.29, 0.717) is 17.7 Å². The van der Waals surface area contributed by atoms with Crippen molar-refractivity contribution in [3.8, 4) is 11.1 Å². The van der Waals surface area contributed by atoms with Gasteiger partial charge in [0, 0.05) is 35.4 Å². The fraction of sp³-hybridized carbons (Fsp3) is 0.381. The Morgan fingerprint density at radius 1 is 1.24 bits per heavy atom. The van der Waals surface area contributed by atoms with Gasteiger partial charge in [-0.15, -0.1) is 0 Å². The first-order valence-corrected chi connectivity index (χ1v) is 10.3. The van der Waals surface area contributed by atoms with E-state index in [-0.39, 0.29) is 11.9 Å². The monoisotopic (exact) mass is 412 g/mol. The number of carbonyl (C=O) groups is 1. The third-order valence-corrected chi connectivity index (χ3v) is 5.53. The number of nitrogens with one attached hydrogen (secondary N) is 4. The second-order valence-electron chi connectivity index (χ2n) is 7.46. The van der Waals surface area contributed by atoms with E-state index >= 15 is 0 Å². The van der Waals surface area contributed by atoms with Crippen molar-refractivity contribution < 1.29 is 4.79 Å². The van der Waals surface area contributed by atoms with E-state index in [1.165, 1.54) is 0 Å². The van der Waals surface area contributed by atoms with Gasteiger partial charge in [0.25, 0.3) is 0 Å². The molecule has 0 radical (unpaired) electrons. The topological polar surface area (TPSA) is 94.7 Å². The Balaban J connectivity index is 1.43. The highest BCUT2D eigenvalue weighted by Crippen LogP contribution is 2.31. The minimum absolute atomic E-state index is 0.0540. The minimum atomic E-state index is 0.0540. The second-order valence-corrected chi connectivity index (χ2v) is 7.84. The number of aromatic nitrogens is 3. The molecular formula is C21H25ClN6O. The zero-order chi connectivity index (χ0) is 20.2. The van der Waals surface area contributed by atoms with Gasteiger partial charge in [-0.2, -0.15) is 0 Å². The molecule has 8 heteroatoms. The Labute approximate surface area is 174 Å². The van der Waals surface area contributed by atoms with Gasteiger partial charge in [-0.05, 0) is 62.6 Å². The largest absolute Gasteiger partial charge is 0.367 e. The molecule has 0 aromatic carbocycles. The molecule has 0 aliphatic heterocycles. The standard InChI is InChI=1S/C21H25ClN6O/c1-23-12-20(29)27-15-6-4-14(5-7-15)26-19-10-13(9-18(22)28-19)17-11-25-21-16(17)3-2-8-24-21/h2-3,8-11,14-15,23H,4-7,12H2,1H3,(H,24,25)(H,26,28)(H,27,29)/t14-,15-. The number of fused-ring (bicyclic) bond motifs is 1. The zero-order valence-corrected chi connectivity index (χ0v) is 17.1. The van der Waals surface area contributed by atoms with Gasteiger partial charge >= 0.3 is 0 Å². The lowest BCUT2D eigenvalue weighted by Gasteiger charge is -2.30. The smallest absolute Gasteiger partial charge is 0.234 e. The van der Waals surface area contributed by atoms with Crippen LogP contribution < -0.4 is 16.0 Å². The van der Waals surface area contributed by atoms with Crippen LogP contribution in [0.25, 0.3) is 22.2 Å². The SMILES string of the molecule is CNCC(=O)N[C@H]1CC[C@H](Nc2cc(-c3c[nH]c4ncccc34)cc(Cl)n2)CC1. The summed E-state index contributed by atoms with van der Waals surface area (Å²) in [6, 6.07) is 8.43. The number of nitrogens with zero attached hydrogens (tertiary/aromatic N) is 2. The number of rotatable bonds is 6. The molecule has 1 fully saturated rings. The molecule has 4 N–H and O–H groups in total. The van der Waals surface area contributed by atoms with Gasteiger partial charge in [0.15, 0.2) is 0 Å². The molecule has 0 spiro atoms. The number of halogens is 1. The first-order valence-electron chi connectivity index (χ1n) is 9.93. The van der Waals surface area contributed by atoms with Gasteiger partial charge < -0.3 is 20.9 Å². The molecule has 29 heavy (non-hydrogen) atoms. The van der Waals surface area contributed by atoms with E-state index in [4.69, 9.17) is 11.6 Å². The van der Waals surface area contributed by atoms with Crippen molar-refractivity contribution >= 4 is 34.4 Å². The van der Waals surface area contributed by atoms with Crippen LogP contribution in [0, 0.1) is 0 Å². The molecule has 0 bridgehead atoms. The summed E-state index contributed by atoms with van der Waals surface area (Å²) in [4.78, 5) is 23.8. The molecular weight excluding hydrogens is 388 g/mol. The predicted octanol–water partition coefficient (Wildman–Crippen LogP) is 3.34. The summed E-state index contributed by atoms with van der Waals surface area (Å²) in [5, 5.41) is 11.0. The van der Waals surface area contributed by atoms with Crippen LogP contribution in [-0.2, 0) is 4.79 Å². The molecule has 1 aliphatic carbocycles. The number of H-pyrrole nitrogens is 1. The first kappa shape index (κ1) is 19.7. The van der Waals surface area contributed by atoms with Crippen LogP contribution in [0.15, 0.2) is 36.7 Å². The van der Waals surface area contributed by atoms with Gasteiger partial charge in [-0.1, -0.05) is 11.6 Å². The fourth-order valence-corrected chi connectivity index (χ4v) is 4.16. The Kier molecular flexibility index (Phi) is 5.97. The van der Waals surface area contributed by atoms with Crippen LogP contribution in [-0.4, -0.2) is 46.5 Å². The third kappa shape index (κ3) is 4.68. The number of likely N-dealkylation sites (N-methyl/N-ethyl adjacent to an activating group) is 1. The Morgan fingerprint density at radius 3 is 2.83 bits per heavy atom. The van der Waals surface area contributed by atoms with Gasteiger partial charge in [-0.3, -0.25) is 4.79 Å². The van der Waals surface area contributed by atoms with Gasteiger partial charge in [0.1, 0.15) is 16.6 Å². The van der Waals surface area contributed by atoms with Gasteiger partial charge in [-0.25, -0.2) is 9.97 Å². The lowest BCUT2D eigenvalue weighted by molar-refractivity contribution is -0.121. The van der Waals surface area contributed by atoms with Gasteiger partial charge in [0.2, 0.25) is 5.91 Å². The van der Waals surface area contributed by atoms with Crippen LogP contribution in [0.5, 0.6) is 0 Å². The van der Waals surface area contributed by atoms with Crippen molar-refractivity contribution in [3.05, 3.63) is 41.8 Å². The molecule has 3 aromatic heterocycles. The maximum absolute atomic E-state index is 11.7. The predicted molar refractivity (Wildman–Crippen MR) is 116 cm³/mol. The van der Waals surface area contributed by atoms with E-state index in [9.17, 15) is 4.79 Å². The van der Waals surface area contributed by atoms with Crippen molar-refractivity contribution in [2.75, 3.05) is 18.9 Å². The van der Waals surface area contributed by atoms with Crippen LogP contribution >= 0.6 is 11.6 Å². The summed E-state index contributed by atoms with van der Waals surface area (Å²) in [6.07, 6.45) is 7.58. The molecule has 3 heterocycles. The van der Waals surface area contributed by atoms with E-state index in [1.54, 1.807) is 13.2 Å². The lowest BCUT2D eigenvalue weighted by Crippen LogP contribution is -2.43. The average molecular weight is 413 g/mol. The Morgan fingerprint density at radius 2 is 2.03 bits per heavy atom. The molecule has 7 nitrogen and oxygen atoms in total. The van der Waals surface area contributed by atoms with Crippen LogP contribution in [0.4, 0.5) is 5.82 Å². The normalized spacial score (nSPS) is 19.2. The quantitative estimate of drug-likeness (QED) is 0.466. The lowest BCUT2D eigenvalue weighted by atomic mass is 9.91. The van der Waals surface area contributed by atoms with E-state index in [2.05, 4.69) is 30.9 Å². The number of hydrogen-bond donors (Lipinski definition) is 4. The summed E-state index contributed by atoms with van der Waals surface area (Å²) >= 11 is 6.32. The number of pyridine rings is 2. The molecule has 0 saturated heterocycles. The third-order valence-electron chi connectivity index (χ3n) is 5.34. The van der Waals surface area contributed by atoms with Crippen LogP contribution in [0.3, 0.4) is 0 Å². The molecule has 152 valence electrons. The second kappa shape index (κ2) is 8.80. The first-order chi connectivity index (χ1) is 14.1. The number of amides is 1. The number of hydrogen-bond acceptors (Lipinski definition) is 5. The highest BCUT2D eigenvalue weighted by Gasteiger charge is 2.22. The highest BCUT2D eigenvalue weighted by atomic mass is 35.5. The maximum Gasteiger partial charge on any atom is 0.234 e. The van der Waals surface area contributed by atoms with E-state index < -0.39 is 0 Å². The Bertz CT molecular complexity index is 996. The van der Waals surface area contributed by atoms with Crippen LogP contribution in [0.2, 0.25) is 5.15 Å². The van der Waals surface area contributed by atoms with Crippen molar-refractivity contribution in [3.63, 3.8) is 0 Å². The maximum atomic E-state index is 11.7. The van der Waals surface area contributed by atoms with Crippen molar-refractivity contribution in [2.24, 2.45) is 0 Å². The fourth-order valence-electron chi connectivity index (χ4n) is 3.95. The zero-order valence-electron chi connectivity index (χ0n) is 16.3. The van der Waals surface area contributed by atoms with Crippen molar-refractivity contribution in [1.82, 2.24) is 25.6 Å². The summed E-state index contributed by atoms with van der Waals surface area (Å²) < 4.78 is 0. The van der Waals surface area contributed by atoms with Crippen molar-refractivity contribution in [2.45, 2.75) is 37.8 Å². The molecule has 0 unspecified atom stereocenters. The molecule has 1 saturated carbocycles. The average Bonchev–Trinajstić information content (AvgIpc) is 3.13. The summed E-state index contributed by atoms with van der Waals surface area (Å²) in [6.45, 7) is 0.358. The summed E-state index contributed by atoms with van der Waals surface area (Å²) in [5.41, 5.74) is 2.90. The summed E-state index contributed by atoms with van der Waals surface area (Å²) in [5.74, 6) is 0.826. The Hall–Kier alpha value is -2.64. The van der Waals surface area contributed by atoms with E-state index in [1.807, 2.05) is 30.5 Å². The molecule has 0 atom stereocenters. The molecule has 4 rings (SSSR count).